The Kier molecular flexibility index (Phi) is 8.88. The number of carboxylic acid groups (broad SMARTS) is 1. The van der Waals surface area contributed by atoms with E-state index in [1.807, 2.05) is 0 Å². The van der Waals surface area contributed by atoms with Gasteiger partial charge in [-0.2, -0.15) is 0 Å². The number of carbonyl (C=O) groups excluding carboxylic acids is 1. The first kappa shape index (κ1) is 28.9. The van der Waals surface area contributed by atoms with Crippen molar-refractivity contribution >= 4 is 30.4 Å². The van der Waals surface area contributed by atoms with E-state index in [1.54, 1.807) is 12.1 Å². The van der Waals surface area contributed by atoms with Crippen molar-refractivity contribution in [3.05, 3.63) is 46.3 Å². The van der Waals surface area contributed by atoms with Gasteiger partial charge >= 0.3 is 13.6 Å². The van der Waals surface area contributed by atoms with E-state index in [1.165, 1.54) is 12.1 Å². The molecule has 1 aliphatic rings. The highest BCUT2D eigenvalue weighted by Crippen LogP contribution is 2.44. The Morgan fingerprint density at radius 3 is 2.51 bits per heavy atom. The topological polar surface area (TPSA) is 236 Å². The van der Waals surface area contributed by atoms with Crippen molar-refractivity contribution in [3.63, 3.8) is 0 Å². The molecule has 0 bridgehead atoms. The number of amides is 1. The van der Waals surface area contributed by atoms with Gasteiger partial charge in [0.2, 0.25) is 0 Å². The number of aliphatic hydroxyl groups excluding tert-OH is 4. The lowest BCUT2D eigenvalue weighted by Crippen LogP contribution is -2.55. The maximum atomic E-state index is 12.7. The zero-order valence-electron chi connectivity index (χ0n) is 19.7. The maximum Gasteiger partial charge on any atom is 0.331 e. The van der Waals surface area contributed by atoms with Crippen LogP contribution in [0.25, 0.3) is 11.0 Å². The van der Waals surface area contributed by atoms with Gasteiger partial charge in [0.15, 0.2) is 16.7 Å². The first-order valence-electron chi connectivity index (χ1n) is 11.2. The molecule has 37 heavy (non-hydrogen) atoms. The minimum absolute atomic E-state index is 0.0990. The second-order valence-corrected chi connectivity index (χ2v) is 11.0. The van der Waals surface area contributed by atoms with Gasteiger partial charge in [-0.05, 0) is 25.5 Å². The van der Waals surface area contributed by atoms with Crippen molar-refractivity contribution in [2.45, 2.75) is 49.3 Å². The van der Waals surface area contributed by atoms with Crippen LogP contribution >= 0.6 is 7.60 Å². The fraction of sp³-hybridized carbons (Fsp3) is 0.500. The molecular weight excluding hydrogens is 515 g/mol. The summed E-state index contributed by atoms with van der Waals surface area (Å²) in [5, 5.41) is 53.9. The molecule has 2 heterocycles. The summed E-state index contributed by atoms with van der Waals surface area (Å²) >= 11 is 0. The van der Waals surface area contributed by atoms with Crippen LogP contribution in [0.3, 0.4) is 0 Å². The molecule has 0 aliphatic carbocycles. The highest BCUT2D eigenvalue weighted by Gasteiger charge is 2.43. The Morgan fingerprint density at radius 2 is 1.89 bits per heavy atom. The third-order valence-corrected chi connectivity index (χ3v) is 7.46. The van der Waals surface area contributed by atoms with E-state index in [9.17, 15) is 49.4 Å². The van der Waals surface area contributed by atoms with Crippen LogP contribution < -0.4 is 16.1 Å². The van der Waals surface area contributed by atoms with Crippen molar-refractivity contribution < 1.29 is 53.5 Å². The predicted molar refractivity (Wildman–Crippen MR) is 127 cm³/mol. The van der Waals surface area contributed by atoms with Gasteiger partial charge in [-0.1, -0.05) is 12.1 Å². The zero-order chi connectivity index (χ0) is 27.5. The van der Waals surface area contributed by atoms with Gasteiger partial charge in [-0.3, -0.25) is 14.2 Å². The van der Waals surface area contributed by atoms with Crippen LogP contribution in [0.4, 0.5) is 0 Å². The number of aliphatic hydroxyl groups is 4. The molecule has 1 fully saturated rings. The average molecular weight is 544 g/mol. The first-order chi connectivity index (χ1) is 17.3. The maximum absolute atomic E-state index is 12.7. The fourth-order valence-electron chi connectivity index (χ4n) is 3.91. The number of fused-ring (bicyclic) bond motifs is 1. The van der Waals surface area contributed by atoms with Gasteiger partial charge in [0.25, 0.3) is 5.91 Å². The SMILES string of the molecule is CC(COP(=O)(O)C[C@H](O)C[C@H]1N[C@H](CO)[C@@H](O)[C@@H]1O)(NC(=O)c1cc(=O)c2ccccc2o1)C(=O)O. The summed E-state index contributed by atoms with van der Waals surface area (Å²) < 4.78 is 22.8. The Morgan fingerprint density at radius 1 is 1.24 bits per heavy atom. The summed E-state index contributed by atoms with van der Waals surface area (Å²) in [6, 6.07) is 5.28. The minimum Gasteiger partial charge on any atom is -0.479 e. The minimum atomic E-state index is -4.61. The molecule has 204 valence electrons. The molecule has 1 amide bonds. The van der Waals surface area contributed by atoms with Crippen LogP contribution in [-0.4, -0.2) is 97.6 Å². The molecule has 0 spiro atoms. The molecule has 1 aromatic carbocycles. The molecule has 7 atom stereocenters. The molecule has 1 aromatic heterocycles. The Labute approximate surface area is 210 Å². The molecule has 1 saturated heterocycles. The van der Waals surface area contributed by atoms with Crippen LogP contribution in [0, 0.1) is 0 Å². The van der Waals surface area contributed by atoms with Crippen molar-refractivity contribution in [2.75, 3.05) is 19.4 Å². The number of aliphatic carboxylic acids is 1. The van der Waals surface area contributed by atoms with Gasteiger partial charge in [-0.15, -0.1) is 0 Å². The quantitative estimate of drug-likeness (QED) is 0.149. The third-order valence-electron chi connectivity index (χ3n) is 6.04. The summed E-state index contributed by atoms with van der Waals surface area (Å²) in [5.41, 5.74) is -2.66. The van der Waals surface area contributed by atoms with E-state index in [2.05, 4.69) is 10.6 Å². The highest BCUT2D eigenvalue weighted by molar-refractivity contribution is 7.52. The summed E-state index contributed by atoms with van der Waals surface area (Å²) in [5.74, 6) is -3.18. The van der Waals surface area contributed by atoms with E-state index >= 15 is 0 Å². The fourth-order valence-corrected chi connectivity index (χ4v) is 5.16. The van der Waals surface area contributed by atoms with E-state index < -0.39 is 86.0 Å². The lowest BCUT2D eigenvalue weighted by atomic mass is 10.0. The number of carboxylic acids is 1. The Bertz CT molecular complexity index is 1250. The zero-order valence-corrected chi connectivity index (χ0v) is 20.6. The molecule has 2 aromatic rings. The van der Waals surface area contributed by atoms with E-state index in [0.717, 1.165) is 13.0 Å². The lowest BCUT2D eigenvalue weighted by Gasteiger charge is -2.27. The monoisotopic (exact) mass is 544 g/mol. The van der Waals surface area contributed by atoms with Crippen molar-refractivity contribution in [3.8, 4) is 0 Å². The molecule has 0 radical (unpaired) electrons. The average Bonchev–Trinajstić information content (AvgIpc) is 3.10. The first-order valence-corrected chi connectivity index (χ1v) is 13.0. The molecule has 2 unspecified atom stereocenters. The van der Waals surface area contributed by atoms with E-state index in [0.29, 0.717) is 0 Å². The molecule has 0 saturated carbocycles. The number of nitrogens with one attached hydrogen (secondary N) is 2. The van der Waals surface area contributed by atoms with Crippen LogP contribution in [0.2, 0.25) is 0 Å². The van der Waals surface area contributed by atoms with Gasteiger partial charge in [0.1, 0.15) is 5.58 Å². The van der Waals surface area contributed by atoms with E-state index in [-0.39, 0.29) is 17.4 Å². The van der Waals surface area contributed by atoms with Gasteiger partial charge < -0.3 is 50.0 Å². The summed E-state index contributed by atoms with van der Waals surface area (Å²) in [6.45, 7) is -0.450. The number of hydrogen-bond acceptors (Lipinski definition) is 11. The number of para-hydroxylation sites is 1. The van der Waals surface area contributed by atoms with Crippen molar-refractivity contribution in [2.24, 2.45) is 0 Å². The van der Waals surface area contributed by atoms with Crippen LogP contribution in [0.1, 0.15) is 23.9 Å². The number of rotatable bonds is 11. The number of benzene rings is 1. The largest absolute Gasteiger partial charge is 0.479 e. The van der Waals surface area contributed by atoms with Crippen LogP contribution in [0.15, 0.2) is 39.5 Å². The number of hydrogen-bond donors (Lipinski definition) is 8. The van der Waals surface area contributed by atoms with E-state index in [4.69, 9.17) is 8.94 Å². The standard InChI is InChI=1S/C22H29N2O12P/c1-22(21(31)32,24-20(30)17-7-15(27)12-4-2-3-5-16(12)36-17)10-35-37(33,34)9-11(26)6-13-18(28)19(29)14(8-25)23-13/h2-5,7,11,13-14,18-19,23,25-26,28-29H,6,8-10H2,1H3,(H,24,30)(H,31,32)(H,33,34)/t11-,13-,14-,18-,19-,22?/m1/s1. The second-order valence-electron chi connectivity index (χ2n) is 9.09. The van der Waals surface area contributed by atoms with Gasteiger partial charge in [-0.25, -0.2) is 4.79 Å². The molecule has 8 N–H and O–H groups in total. The second kappa shape index (κ2) is 11.4. The number of carbonyl (C=O) groups is 2. The van der Waals surface area contributed by atoms with Crippen molar-refractivity contribution in [1.29, 1.82) is 0 Å². The highest BCUT2D eigenvalue weighted by atomic mass is 31.2. The Balaban J connectivity index is 1.64. The third kappa shape index (κ3) is 6.80. The Hall–Kier alpha value is -2.68. The predicted octanol–water partition coefficient (Wildman–Crippen LogP) is -1.63. The van der Waals surface area contributed by atoms with Gasteiger partial charge in [0, 0.05) is 12.1 Å². The summed E-state index contributed by atoms with van der Waals surface area (Å²) in [7, 11) is -4.61. The molecule has 15 heteroatoms. The van der Waals surface area contributed by atoms with Crippen LogP contribution in [0.5, 0.6) is 0 Å². The molecule has 3 rings (SSSR count). The molecule has 14 nitrogen and oxygen atoms in total. The molecule has 1 aliphatic heterocycles. The normalized spacial score (nSPS) is 25.8. The smallest absolute Gasteiger partial charge is 0.331 e. The molecular formula is C22H29N2O12P. The summed E-state index contributed by atoms with van der Waals surface area (Å²) in [4.78, 5) is 46.9. The van der Waals surface area contributed by atoms with Gasteiger partial charge in [0.05, 0.1) is 49.1 Å². The lowest BCUT2D eigenvalue weighted by molar-refractivity contribution is -0.145. The van der Waals surface area contributed by atoms with Crippen LogP contribution in [-0.2, 0) is 13.9 Å². The summed E-state index contributed by atoms with van der Waals surface area (Å²) in [6.07, 6.45) is -5.28. The van der Waals surface area contributed by atoms with Crippen molar-refractivity contribution in [1.82, 2.24) is 10.6 Å².